The lowest BCUT2D eigenvalue weighted by molar-refractivity contribution is -0.130. The molecule has 12 nitrogen and oxygen atoms in total. The van der Waals surface area contributed by atoms with Crippen molar-refractivity contribution >= 4 is 35.3 Å². The van der Waals surface area contributed by atoms with Gasteiger partial charge >= 0.3 is 12.1 Å². The topological polar surface area (TPSA) is 121 Å². The number of benzene rings is 4. The smallest absolute Gasteiger partial charge is 0.411 e. The molecule has 0 saturated carbocycles. The van der Waals surface area contributed by atoms with E-state index < -0.39 is 28.8 Å². The Hall–Kier alpha value is -6.18. The summed E-state index contributed by atoms with van der Waals surface area (Å²) < 4.78 is 42.8. The molecule has 314 valence electrons. The van der Waals surface area contributed by atoms with Gasteiger partial charge in [-0.2, -0.15) is 0 Å². The van der Waals surface area contributed by atoms with Gasteiger partial charge in [-0.25, -0.2) is 18.4 Å². The van der Waals surface area contributed by atoms with E-state index in [4.69, 9.17) is 14.2 Å². The number of ether oxygens (including phenoxy) is 3. The molecule has 0 bridgehead atoms. The first kappa shape index (κ1) is 43.9. The number of rotatable bonds is 11. The van der Waals surface area contributed by atoms with Crippen LogP contribution in [0.3, 0.4) is 0 Å². The van der Waals surface area contributed by atoms with Gasteiger partial charge in [0.15, 0.2) is 23.1 Å². The first-order valence-corrected chi connectivity index (χ1v) is 19.6. The number of unbranched alkanes of at least 4 members (excludes halogenated alkanes) is 1. The number of amides is 5. The summed E-state index contributed by atoms with van der Waals surface area (Å²) in [4.78, 5) is 57.7. The van der Waals surface area contributed by atoms with Crippen molar-refractivity contribution in [1.82, 2.24) is 15.1 Å². The van der Waals surface area contributed by atoms with Crippen LogP contribution < -0.4 is 24.6 Å². The molecule has 2 saturated heterocycles. The summed E-state index contributed by atoms with van der Waals surface area (Å²) in [7, 11) is 2.75. The van der Waals surface area contributed by atoms with Gasteiger partial charge in [0, 0.05) is 56.2 Å². The Bertz CT molecular complexity index is 2080. The van der Waals surface area contributed by atoms with E-state index in [2.05, 4.69) is 17.4 Å². The average Bonchev–Trinajstić information content (AvgIpc) is 3.23. The molecule has 4 aromatic carbocycles. The quantitative estimate of drug-likeness (QED) is 0.155. The van der Waals surface area contributed by atoms with Gasteiger partial charge in [0.05, 0.1) is 14.2 Å². The van der Waals surface area contributed by atoms with E-state index in [0.29, 0.717) is 37.6 Å². The number of urea groups is 1. The lowest BCUT2D eigenvalue weighted by Gasteiger charge is -2.45. The van der Waals surface area contributed by atoms with Crippen molar-refractivity contribution in [3.8, 4) is 11.5 Å². The number of carbonyl (C=O) groups is 4. The van der Waals surface area contributed by atoms with Crippen LogP contribution in [0, 0.1) is 11.6 Å². The monoisotopic (exact) mass is 813 g/mol. The van der Waals surface area contributed by atoms with Gasteiger partial charge in [0.1, 0.15) is 17.7 Å². The van der Waals surface area contributed by atoms with Gasteiger partial charge in [0.2, 0.25) is 0 Å². The molecule has 59 heavy (non-hydrogen) atoms. The van der Waals surface area contributed by atoms with E-state index in [9.17, 15) is 28.0 Å². The molecule has 5 amide bonds. The lowest BCUT2D eigenvalue weighted by Crippen LogP contribution is -2.66. The van der Waals surface area contributed by atoms with E-state index in [1.54, 1.807) is 43.6 Å². The molecule has 1 N–H and O–H groups in total. The maximum Gasteiger partial charge on any atom is 0.411 e. The van der Waals surface area contributed by atoms with Crippen molar-refractivity contribution in [3.63, 3.8) is 0 Å². The van der Waals surface area contributed by atoms with Gasteiger partial charge in [-0.3, -0.25) is 14.5 Å². The first-order chi connectivity index (χ1) is 28.2. The van der Waals surface area contributed by atoms with Gasteiger partial charge < -0.3 is 34.2 Å². The fourth-order valence-corrected chi connectivity index (χ4v) is 7.04. The molecule has 2 aliphatic rings. The maximum absolute atomic E-state index is 13.7. The Morgan fingerprint density at radius 2 is 1.12 bits per heavy atom. The zero-order valence-corrected chi connectivity index (χ0v) is 34.5. The molecule has 2 aliphatic heterocycles. The highest BCUT2D eigenvalue weighted by Gasteiger charge is 2.46. The Kier molecular flexibility index (Phi) is 14.5. The number of piperazine rings is 2. The fourth-order valence-electron chi connectivity index (χ4n) is 7.04. The van der Waals surface area contributed by atoms with Crippen molar-refractivity contribution in [1.29, 1.82) is 0 Å². The van der Waals surface area contributed by atoms with E-state index in [1.165, 1.54) is 59.9 Å². The van der Waals surface area contributed by atoms with E-state index >= 15 is 0 Å². The van der Waals surface area contributed by atoms with Gasteiger partial charge in [-0.1, -0.05) is 60.7 Å². The fraction of sp³-hybridized carbons (Fsp3) is 0.378. The maximum atomic E-state index is 13.7. The van der Waals surface area contributed by atoms with Crippen LogP contribution in [0.15, 0.2) is 97.1 Å². The minimum absolute atomic E-state index is 0.0628. The van der Waals surface area contributed by atoms with Gasteiger partial charge in [-0.05, 0) is 82.3 Å². The van der Waals surface area contributed by atoms with Crippen LogP contribution in [0.5, 0.6) is 11.5 Å². The van der Waals surface area contributed by atoms with Crippen LogP contribution in [0.1, 0.15) is 51.7 Å². The number of halogens is 2. The number of methoxy groups -OCH3 is 2. The average molecular weight is 814 g/mol. The molecule has 2 heterocycles. The molecule has 0 unspecified atom stereocenters. The second kappa shape index (κ2) is 19.5. The molecular weight excluding hydrogens is 761 g/mol. The molecule has 6 rings (SSSR count). The predicted octanol–water partition coefficient (Wildman–Crippen LogP) is 7.59. The summed E-state index contributed by atoms with van der Waals surface area (Å²) >= 11 is 0. The largest absolute Gasteiger partial charge is 0.494 e. The van der Waals surface area contributed by atoms with Gasteiger partial charge in [0.25, 0.3) is 11.8 Å². The lowest BCUT2D eigenvalue weighted by atomic mass is 9.97. The standard InChI is InChI=1S/C24H30FN3O3.C21H23FN2O4/c1-24(2)22(29)27(19-12-13-20(25)21(17-19)31-3)15-16-28(24)23(30)26-14-8-7-11-18-9-5-4-6-10-18;1-21(2)19(25)23(16-9-10-17(22)18(13-16)27-3)11-12-24(21)20(26)28-14-15-7-5-4-6-8-15/h4-6,9-10,12-13,17H,7-8,11,14-16H2,1-3H3,(H,26,30);4-10,13H,11-12,14H2,1-3H3. The number of aryl methyl sites for hydroxylation is 1. The molecular formula is C45H53F2N5O7. The number of hydrogen-bond acceptors (Lipinski definition) is 7. The van der Waals surface area contributed by atoms with Crippen molar-refractivity contribution in [3.05, 3.63) is 120 Å². The molecule has 0 aliphatic carbocycles. The SMILES string of the molecule is COc1cc(N2CCN(C(=O)NCCCCc3ccccc3)C(C)(C)C2=O)ccc1F.COc1cc(N2CCN(C(=O)OCc3ccccc3)C(C)(C)C2=O)ccc1F. The van der Waals surface area contributed by atoms with Crippen LogP contribution in [-0.4, -0.2) is 91.8 Å². The summed E-state index contributed by atoms with van der Waals surface area (Å²) in [6, 6.07) is 28.0. The highest BCUT2D eigenvalue weighted by atomic mass is 19.1. The summed E-state index contributed by atoms with van der Waals surface area (Å²) in [6.07, 6.45) is 2.27. The van der Waals surface area contributed by atoms with Crippen molar-refractivity contribution < 1.29 is 42.2 Å². The third-order valence-corrected chi connectivity index (χ3v) is 10.6. The summed E-state index contributed by atoms with van der Waals surface area (Å²) in [5, 5.41) is 2.94. The second-order valence-electron chi connectivity index (χ2n) is 15.2. The number of hydrogen-bond donors (Lipinski definition) is 1. The minimum Gasteiger partial charge on any atom is -0.494 e. The van der Waals surface area contributed by atoms with Crippen molar-refractivity contribution in [2.24, 2.45) is 0 Å². The third-order valence-electron chi connectivity index (χ3n) is 10.6. The Morgan fingerprint density at radius 1 is 0.644 bits per heavy atom. The van der Waals surface area contributed by atoms with Crippen LogP contribution in [-0.2, 0) is 27.4 Å². The summed E-state index contributed by atoms with van der Waals surface area (Å²) in [5.41, 5.74) is 1.11. The predicted molar refractivity (Wildman–Crippen MR) is 222 cm³/mol. The van der Waals surface area contributed by atoms with Gasteiger partial charge in [-0.15, -0.1) is 0 Å². The van der Waals surface area contributed by atoms with E-state index in [-0.39, 0.29) is 42.5 Å². The summed E-state index contributed by atoms with van der Waals surface area (Å²) in [6.45, 7) is 8.80. The molecule has 2 fully saturated rings. The zero-order valence-electron chi connectivity index (χ0n) is 34.5. The minimum atomic E-state index is -1.10. The molecule has 0 atom stereocenters. The van der Waals surface area contributed by atoms with Crippen LogP contribution in [0.25, 0.3) is 0 Å². The normalized spacial score (nSPS) is 15.9. The van der Waals surface area contributed by atoms with E-state index in [1.807, 2.05) is 48.5 Å². The third kappa shape index (κ3) is 10.5. The first-order valence-electron chi connectivity index (χ1n) is 19.6. The van der Waals surface area contributed by atoms with Crippen molar-refractivity contribution in [2.75, 3.05) is 56.7 Å². The Balaban J connectivity index is 0.000000225. The summed E-state index contributed by atoms with van der Waals surface area (Å²) in [5.74, 6) is -1.33. The van der Waals surface area contributed by atoms with Crippen LogP contribution >= 0.6 is 0 Å². The second-order valence-corrected chi connectivity index (χ2v) is 15.2. The number of carbonyl (C=O) groups excluding carboxylic acids is 4. The number of nitrogens with one attached hydrogen (secondary N) is 1. The highest BCUT2D eigenvalue weighted by molar-refractivity contribution is 6.03. The number of anilines is 2. The molecule has 0 spiro atoms. The Labute approximate surface area is 344 Å². The van der Waals surface area contributed by atoms with Crippen LogP contribution in [0.4, 0.5) is 29.7 Å². The molecule has 14 heteroatoms. The zero-order chi connectivity index (χ0) is 42.7. The molecule has 4 aromatic rings. The molecule has 0 radical (unpaired) electrons. The van der Waals surface area contributed by atoms with Crippen LogP contribution in [0.2, 0.25) is 0 Å². The van der Waals surface area contributed by atoms with E-state index in [0.717, 1.165) is 24.8 Å². The number of nitrogens with zero attached hydrogens (tertiary/aromatic N) is 4. The molecule has 0 aromatic heterocycles. The Morgan fingerprint density at radius 3 is 1.63 bits per heavy atom. The highest BCUT2D eigenvalue weighted by Crippen LogP contribution is 2.32. The van der Waals surface area contributed by atoms with Crippen molar-refractivity contribution in [2.45, 2.75) is 64.6 Å².